The molecule has 4 aromatic rings. The van der Waals surface area contributed by atoms with E-state index in [1.165, 1.54) is 0 Å². The molecule has 34 heavy (non-hydrogen) atoms. The number of halogens is 1. The summed E-state index contributed by atoms with van der Waals surface area (Å²) in [4.78, 5) is 12.9. The minimum Gasteiger partial charge on any atom is -0.489 e. The predicted octanol–water partition coefficient (Wildman–Crippen LogP) is 6.63. The molecule has 1 atom stereocenters. The van der Waals surface area contributed by atoms with Crippen molar-refractivity contribution in [2.45, 2.75) is 19.4 Å². The number of carbonyl (C=O) groups is 1. The van der Waals surface area contributed by atoms with E-state index >= 15 is 0 Å². The Morgan fingerprint density at radius 2 is 1.65 bits per heavy atom. The van der Waals surface area contributed by atoms with Crippen LogP contribution in [0.5, 0.6) is 11.5 Å². The van der Waals surface area contributed by atoms with Crippen LogP contribution < -0.4 is 14.9 Å². The van der Waals surface area contributed by atoms with Gasteiger partial charge in [0.15, 0.2) is 6.10 Å². The SMILES string of the molecule is C=CCOc1ccc2ccccc2c1C=NNC(=O)C(CC)Oc1ccc2ccccc2c1Br. The van der Waals surface area contributed by atoms with E-state index in [-0.39, 0.29) is 5.91 Å². The van der Waals surface area contributed by atoms with Crippen molar-refractivity contribution < 1.29 is 14.3 Å². The molecule has 0 bridgehead atoms. The van der Waals surface area contributed by atoms with Gasteiger partial charge in [-0.25, -0.2) is 5.43 Å². The molecule has 0 saturated carbocycles. The van der Waals surface area contributed by atoms with Gasteiger partial charge in [0.2, 0.25) is 0 Å². The van der Waals surface area contributed by atoms with Crippen LogP contribution in [-0.2, 0) is 4.79 Å². The van der Waals surface area contributed by atoms with Gasteiger partial charge in [0.1, 0.15) is 18.1 Å². The number of hydrogen-bond donors (Lipinski definition) is 1. The first-order valence-electron chi connectivity index (χ1n) is 11.0. The van der Waals surface area contributed by atoms with Crippen LogP contribution in [-0.4, -0.2) is 24.8 Å². The lowest BCUT2D eigenvalue weighted by molar-refractivity contribution is -0.128. The molecule has 0 saturated heterocycles. The van der Waals surface area contributed by atoms with Gasteiger partial charge < -0.3 is 9.47 Å². The number of hydrogen-bond acceptors (Lipinski definition) is 4. The molecule has 4 aromatic carbocycles. The standard InChI is InChI=1S/C28H25BrN2O3/c1-3-17-33-25-15-13-19-9-5-7-11-21(19)23(25)18-30-31-28(32)24(4-2)34-26-16-14-20-10-6-8-12-22(20)27(26)29/h3,5-16,18,24H,1,4,17H2,2H3,(H,31,32). The fourth-order valence-electron chi connectivity index (χ4n) is 3.70. The van der Waals surface area contributed by atoms with Crippen LogP contribution in [0.3, 0.4) is 0 Å². The number of nitrogens with one attached hydrogen (secondary N) is 1. The molecular weight excluding hydrogens is 492 g/mol. The number of amides is 1. The van der Waals surface area contributed by atoms with Gasteiger partial charge in [-0.15, -0.1) is 0 Å². The minimum absolute atomic E-state index is 0.326. The Labute approximate surface area is 207 Å². The van der Waals surface area contributed by atoms with Gasteiger partial charge in [0, 0.05) is 5.56 Å². The van der Waals surface area contributed by atoms with E-state index in [9.17, 15) is 4.79 Å². The third-order valence-corrected chi connectivity index (χ3v) is 6.23. The molecule has 1 amide bonds. The monoisotopic (exact) mass is 516 g/mol. The van der Waals surface area contributed by atoms with Crippen LogP contribution in [0.2, 0.25) is 0 Å². The highest BCUT2D eigenvalue weighted by Crippen LogP contribution is 2.34. The average molecular weight is 517 g/mol. The second-order valence-corrected chi connectivity index (χ2v) is 8.44. The number of ether oxygens (including phenoxy) is 2. The Bertz CT molecular complexity index is 1370. The number of rotatable bonds is 9. The van der Waals surface area contributed by atoms with Crippen molar-refractivity contribution in [3.05, 3.63) is 95.5 Å². The quantitative estimate of drug-likeness (QED) is 0.154. The number of hydrazone groups is 1. The van der Waals surface area contributed by atoms with E-state index in [0.29, 0.717) is 24.5 Å². The molecule has 0 radical (unpaired) electrons. The zero-order valence-electron chi connectivity index (χ0n) is 18.8. The predicted molar refractivity (Wildman–Crippen MR) is 142 cm³/mol. The summed E-state index contributed by atoms with van der Waals surface area (Å²) in [5.41, 5.74) is 3.41. The Kier molecular flexibility index (Phi) is 7.60. The Balaban J connectivity index is 1.52. The number of nitrogens with zero attached hydrogens (tertiary/aromatic N) is 1. The lowest BCUT2D eigenvalue weighted by Gasteiger charge is -2.17. The fraction of sp³-hybridized carbons (Fsp3) is 0.143. The lowest BCUT2D eigenvalue weighted by Crippen LogP contribution is -2.35. The molecule has 172 valence electrons. The molecule has 4 rings (SSSR count). The van der Waals surface area contributed by atoms with Gasteiger partial charge >= 0.3 is 0 Å². The van der Waals surface area contributed by atoms with E-state index in [2.05, 4.69) is 33.0 Å². The smallest absolute Gasteiger partial charge is 0.281 e. The molecule has 1 N–H and O–H groups in total. The van der Waals surface area contributed by atoms with Gasteiger partial charge in [0.25, 0.3) is 5.91 Å². The topological polar surface area (TPSA) is 59.9 Å². The second kappa shape index (κ2) is 11.0. The second-order valence-electron chi connectivity index (χ2n) is 7.65. The molecule has 1 unspecified atom stereocenters. The summed E-state index contributed by atoms with van der Waals surface area (Å²) in [6, 6.07) is 23.7. The molecule has 0 aromatic heterocycles. The van der Waals surface area contributed by atoms with E-state index in [0.717, 1.165) is 31.6 Å². The zero-order valence-corrected chi connectivity index (χ0v) is 20.4. The van der Waals surface area contributed by atoms with Crippen molar-refractivity contribution in [1.29, 1.82) is 0 Å². The van der Waals surface area contributed by atoms with Crippen LogP contribution >= 0.6 is 15.9 Å². The highest BCUT2D eigenvalue weighted by atomic mass is 79.9. The van der Waals surface area contributed by atoms with Gasteiger partial charge in [-0.05, 0) is 56.0 Å². The summed E-state index contributed by atoms with van der Waals surface area (Å²) >= 11 is 3.62. The van der Waals surface area contributed by atoms with Gasteiger partial charge in [-0.2, -0.15) is 5.10 Å². The minimum atomic E-state index is -0.696. The number of benzene rings is 4. The zero-order chi connectivity index (χ0) is 23.9. The Hall–Kier alpha value is -3.64. The van der Waals surface area contributed by atoms with E-state index < -0.39 is 6.10 Å². The van der Waals surface area contributed by atoms with Crippen molar-refractivity contribution in [1.82, 2.24) is 5.43 Å². The van der Waals surface area contributed by atoms with Gasteiger partial charge in [-0.1, -0.05) is 80.2 Å². The molecule has 0 heterocycles. The maximum atomic E-state index is 12.9. The molecular formula is C28H25BrN2O3. The van der Waals surface area contributed by atoms with Crippen molar-refractivity contribution >= 4 is 49.6 Å². The Morgan fingerprint density at radius 3 is 2.35 bits per heavy atom. The molecule has 0 aliphatic rings. The fourth-order valence-corrected chi connectivity index (χ4v) is 4.28. The first kappa shape index (κ1) is 23.5. The largest absolute Gasteiger partial charge is 0.489 e. The molecule has 5 nitrogen and oxygen atoms in total. The maximum absolute atomic E-state index is 12.9. The Morgan fingerprint density at radius 1 is 1.00 bits per heavy atom. The molecule has 6 heteroatoms. The van der Waals surface area contributed by atoms with Gasteiger partial charge in [-0.3, -0.25) is 4.79 Å². The summed E-state index contributed by atoms with van der Waals surface area (Å²) in [5.74, 6) is 0.950. The normalized spacial score (nSPS) is 12.1. The average Bonchev–Trinajstić information content (AvgIpc) is 2.87. The first-order valence-corrected chi connectivity index (χ1v) is 11.8. The summed E-state index contributed by atoms with van der Waals surface area (Å²) in [6.45, 7) is 5.98. The maximum Gasteiger partial charge on any atom is 0.281 e. The van der Waals surface area contributed by atoms with E-state index in [1.807, 2.05) is 79.7 Å². The third-order valence-electron chi connectivity index (χ3n) is 5.42. The molecule has 0 fully saturated rings. The summed E-state index contributed by atoms with van der Waals surface area (Å²) in [7, 11) is 0. The molecule has 0 aliphatic carbocycles. The van der Waals surface area contributed by atoms with Crippen LogP contribution in [0, 0.1) is 0 Å². The first-order chi connectivity index (χ1) is 16.6. The van der Waals surface area contributed by atoms with Crippen LogP contribution in [0.15, 0.2) is 95.0 Å². The number of carbonyl (C=O) groups excluding carboxylic acids is 1. The van der Waals surface area contributed by atoms with Crippen LogP contribution in [0.1, 0.15) is 18.9 Å². The van der Waals surface area contributed by atoms with E-state index in [1.54, 1.807) is 12.3 Å². The molecule has 0 spiro atoms. The molecule has 0 aliphatic heterocycles. The van der Waals surface area contributed by atoms with Crippen molar-refractivity contribution in [3.63, 3.8) is 0 Å². The third kappa shape index (κ3) is 5.13. The van der Waals surface area contributed by atoms with Crippen molar-refractivity contribution in [2.24, 2.45) is 5.10 Å². The summed E-state index contributed by atoms with van der Waals surface area (Å²) in [6.07, 6.45) is 3.09. The summed E-state index contributed by atoms with van der Waals surface area (Å²) < 4.78 is 12.7. The lowest BCUT2D eigenvalue weighted by atomic mass is 10.0. The van der Waals surface area contributed by atoms with Crippen molar-refractivity contribution in [3.8, 4) is 11.5 Å². The van der Waals surface area contributed by atoms with Gasteiger partial charge in [0.05, 0.1) is 10.7 Å². The summed E-state index contributed by atoms with van der Waals surface area (Å²) in [5, 5.41) is 8.37. The van der Waals surface area contributed by atoms with Crippen LogP contribution in [0.25, 0.3) is 21.5 Å². The van der Waals surface area contributed by atoms with E-state index in [4.69, 9.17) is 9.47 Å². The number of fused-ring (bicyclic) bond motifs is 2. The van der Waals surface area contributed by atoms with Crippen LogP contribution in [0.4, 0.5) is 0 Å². The highest BCUT2D eigenvalue weighted by Gasteiger charge is 2.20. The highest BCUT2D eigenvalue weighted by molar-refractivity contribution is 9.10. The van der Waals surface area contributed by atoms with Crippen molar-refractivity contribution in [2.75, 3.05) is 6.61 Å².